The average Bonchev–Trinajstić information content (AvgIpc) is 3.05. The summed E-state index contributed by atoms with van der Waals surface area (Å²) >= 11 is 0. The second-order valence-corrected chi connectivity index (χ2v) is 5.37. The Kier molecular flexibility index (Phi) is 4.14. The maximum absolute atomic E-state index is 12.1. The largest absolute Gasteiger partial charge is 0.350 e. The minimum Gasteiger partial charge on any atom is -0.350 e. The van der Waals surface area contributed by atoms with Gasteiger partial charge in [0.15, 0.2) is 0 Å². The smallest absolute Gasteiger partial charge is 0.258 e. The average molecular weight is 308 g/mol. The van der Waals surface area contributed by atoms with Gasteiger partial charge in [-0.3, -0.25) is 9.78 Å². The molecule has 0 fully saturated rings. The van der Waals surface area contributed by atoms with E-state index in [0.717, 1.165) is 11.1 Å². The summed E-state index contributed by atoms with van der Waals surface area (Å²) in [6.45, 7) is 3.84. The van der Waals surface area contributed by atoms with Crippen LogP contribution in [-0.4, -0.2) is 27.1 Å². The standard InChI is InChI=1S/C17H16N4O2/c1-11(2)19-16(22)14-5-3-4-13(10-14)15-20-17(23-21-15)12-6-8-18-9-7-12/h3-11H,1-2H3,(H,19,22). The van der Waals surface area contributed by atoms with Gasteiger partial charge in [-0.2, -0.15) is 4.98 Å². The number of hydrogen-bond donors (Lipinski definition) is 1. The number of benzene rings is 1. The van der Waals surface area contributed by atoms with Crippen LogP contribution in [0.4, 0.5) is 0 Å². The normalized spacial score (nSPS) is 10.7. The Hall–Kier alpha value is -3.02. The second-order valence-electron chi connectivity index (χ2n) is 5.37. The first-order valence-corrected chi connectivity index (χ1v) is 7.29. The summed E-state index contributed by atoms with van der Waals surface area (Å²) in [5.41, 5.74) is 2.09. The molecule has 0 aliphatic carbocycles. The van der Waals surface area contributed by atoms with Crippen molar-refractivity contribution in [3.63, 3.8) is 0 Å². The van der Waals surface area contributed by atoms with Gasteiger partial charge in [-0.15, -0.1) is 0 Å². The van der Waals surface area contributed by atoms with E-state index in [9.17, 15) is 4.79 Å². The molecule has 0 aliphatic heterocycles. The number of carbonyl (C=O) groups is 1. The van der Waals surface area contributed by atoms with E-state index in [-0.39, 0.29) is 11.9 Å². The van der Waals surface area contributed by atoms with Gasteiger partial charge in [0.1, 0.15) is 0 Å². The first-order chi connectivity index (χ1) is 11.1. The lowest BCUT2D eigenvalue weighted by molar-refractivity contribution is 0.0943. The molecule has 6 heteroatoms. The van der Waals surface area contributed by atoms with Crippen LogP contribution in [0.25, 0.3) is 22.8 Å². The van der Waals surface area contributed by atoms with Crippen molar-refractivity contribution in [1.29, 1.82) is 0 Å². The molecule has 0 saturated carbocycles. The van der Waals surface area contributed by atoms with Crippen LogP contribution in [0, 0.1) is 0 Å². The predicted octanol–water partition coefficient (Wildman–Crippen LogP) is 2.94. The fraction of sp³-hybridized carbons (Fsp3) is 0.176. The highest BCUT2D eigenvalue weighted by Gasteiger charge is 2.13. The molecule has 3 rings (SSSR count). The summed E-state index contributed by atoms with van der Waals surface area (Å²) < 4.78 is 5.28. The van der Waals surface area contributed by atoms with Crippen molar-refractivity contribution in [2.24, 2.45) is 0 Å². The summed E-state index contributed by atoms with van der Waals surface area (Å²) in [7, 11) is 0. The van der Waals surface area contributed by atoms with Gasteiger partial charge in [-0.05, 0) is 38.1 Å². The fourth-order valence-corrected chi connectivity index (χ4v) is 2.10. The van der Waals surface area contributed by atoms with Gasteiger partial charge in [0.25, 0.3) is 11.8 Å². The molecule has 0 spiro atoms. The third kappa shape index (κ3) is 3.42. The van der Waals surface area contributed by atoms with Crippen LogP contribution in [0.1, 0.15) is 24.2 Å². The molecular formula is C17H16N4O2. The molecule has 3 aromatic rings. The molecule has 1 aromatic carbocycles. The van der Waals surface area contributed by atoms with Crippen molar-refractivity contribution in [2.75, 3.05) is 0 Å². The first kappa shape index (κ1) is 14.9. The third-order valence-corrected chi connectivity index (χ3v) is 3.16. The first-order valence-electron chi connectivity index (χ1n) is 7.29. The van der Waals surface area contributed by atoms with Crippen LogP contribution in [-0.2, 0) is 0 Å². The van der Waals surface area contributed by atoms with E-state index in [4.69, 9.17) is 4.52 Å². The Morgan fingerprint density at radius 2 is 1.91 bits per heavy atom. The number of pyridine rings is 1. The van der Waals surface area contributed by atoms with Crippen molar-refractivity contribution < 1.29 is 9.32 Å². The van der Waals surface area contributed by atoms with E-state index in [1.807, 2.05) is 19.9 Å². The second kappa shape index (κ2) is 6.39. The van der Waals surface area contributed by atoms with E-state index in [1.54, 1.807) is 42.7 Å². The molecule has 0 atom stereocenters. The van der Waals surface area contributed by atoms with E-state index >= 15 is 0 Å². The Morgan fingerprint density at radius 1 is 1.13 bits per heavy atom. The highest BCUT2D eigenvalue weighted by Crippen LogP contribution is 2.22. The molecule has 0 bridgehead atoms. The van der Waals surface area contributed by atoms with Gasteiger partial charge in [-0.25, -0.2) is 0 Å². The molecule has 2 heterocycles. The van der Waals surface area contributed by atoms with Gasteiger partial charge < -0.3 is 9.84 Å². The molecule has 0 aliphatic rings. The highest BCUT2D eigenvalue weighted by atomic mass is 16.5. The van der Waals surface area contributed by atoms with Gasteiger partial charge in [0, 0.05) is 35.1 Å². The Bertz CT molecular complexity index is 812. The van der Waals surface area contributed by atoms with Crippen molar-refractivity contribution in [3.05, 3.63) is 54.4 Å². The quantitative estimate of drug-likeness (QED) is 0.801. The van der Waals surface area contributed by atoms with E-state index in [2.05, 4.69) is 20.4 Å². The summed E-state index contributed by atoms with van der Waals surface area (Å²) in [5.74, 6) is 0.732. The minimum atomic E-state index is -0.125. The SMILES string of the molecule is CC(C)NC(=O)c1cccc(-c2noc(-c3ccncc3)n2)c1. The number of rotatable bonds is 4. The summed E-state index contributed by atoms with van der Waals surface area (Å²) in [5, 5.41) is 6.84. The zero-order valence-corrected chi connectivity index (χ0v) is 12.9. The number of carbonyl (C=O) groups excluding carboxylic acids is 1. The van der Waals surface area contributed by atoms with Crippen molar-refractivity contribution in [1.82, 2.24) is 20.4 Å². The molecule has 116 valence electrons. The number of hydrogen-bond acceptors (Lipinski definition) is 5. The molecule has 6 nitrogen and oxygen atoms in total. The zero-order valence-electron chi connectivity index (χ0n) is 12.9. The van der Waals surface area contributed by atoms with Crippen molar-refractivity contribution >= 4 is 5.91 Å². The fourth-order valence-electron chi connectivity index (χ4n) is 2.10. The van der Waals surface area contributed by atoms with Crippen LogP contribution in [0.5, 0.6) is 0 Å². The van der Waals surface area contributed by atoms with Crippen LogP contribution in [0.2, 0.25) is 0 Å². The van der Waals surface area contributed by atoms with Crippen LogP contribution in [0.15, 0.2) is 53.3 Å². The highest BCUT2D eigenvalue weighted by molar-refractivity contribution is 5.95. The molecule has 0 unspecified atom stereocenters. The van der Waals surface area contributed by atoms with Crippen LogP contribution in [0.3, 0.4) is 0 Å². The molecule has 1 amide bonds. The molecule has 0 radical (unpaired) electrons. The minimum absolute atomic E-state index is 0.0784. The van der Waals surface area contributed by atoms with Crippen LogP contribution >= 0.6 is 0 Å². The Balaban J connectivity index is 1.88. The lowest BCUT2D eigenvalue weighted by Crippen LogP contribution is -2.30. The Morgan fingerprint density at radius 3 is 2.65 bits per heavy atom. The van der Waals surface area contributed by atoms with Gasteiger partial charge in [0.2, 0.25) is 5.82 Å². The van der Waals surface area contributed by atoms with E-state index < -0.39 is 0 Å². The number of aromatic nitrogens is 3. The van der Waals surface area contributed by atoms with Gasteiger partial charge in [-0.1, -0.05) is 17.3 Å². The van der Waals surface area contributed by atoms with Gasteiger partial charge in [0.05, 0.1) is 0 Å². The monoisotopic (exact) mass is 308 g/mol. The summed E-state index contributed by atoms with van der Waals surface area (Å²) in [4.78, 5) is 20.4. The molecule has 1 N–H and O–H groups in total. The Labute approximate surface area is 133 Å². The maximum Gasteiger partial charge on any atom is 0.258 e. The zero-order chi connectivity index (χ0) is 16.2. The number of amides is 1. The maximum atomic E-state index is 12.1. The van der Waals surface area contributed by atoms with Crippen molar-refractivity contribution in [3.8, 4) is 22.8 Å². The predicted molar refractivity (Wildman–Crippen MR) is 85.6 cm³/mol. The van der Waals surface area contributed by atoms with Gasteiger partial charge >= 0.3 is 0 Å². The lowest BCUT2D eigenvalue weighted by Gasteiger charge is -2.08. The number of nitrogens with zero attached hydrogens (tertiary/aromatic N) is 3. The number of nitrogens with one attached hydrogen (secondary N) is 1. The van der Waals surface area contributed by atoms with Crippen LogP contribution < -0.4 is 5.32 Å². The van der Waals surface area contributed by atoms with Crippen molar-refractivity contribution in [2.45, 2.75) is 19.9 Å². The lowest BCUT2D eigenvalue weighted by atomic mass is 10.1. The molecule has 2 aromatic heterocycles. The van der Waals surface area contributed by atoms with E-state index in [1.165, 1.54) is 0 Å². The molecular weight excluding hydrogens is 292 g/mol. The summed E-state index contributed by atoms with van der Waals surface area (Å²) in [6.07, 6.45) is 3.33. The summed E-state index contributed by atoms with van der Waals surface area (Å²) in [6, 6.07) is 10.8. The molecule has 0 saturated heterocycles. The topological polar surface area (TPSA) is 80.9 Å². The third-order valence-electron chi connectivity index (χ3n) is 3.16. The van der Waals surface area contributed by atoms with E-state index in [0.29, 0.717) is 17.3 Å². The molecule has 23 heavy (non-hydrogen) atoms.